The second-order valence-corrected chi connectivity index (χ2v) is 3.06. The molecule has 2 N–H and O–H groups in total. The lowest BCUT2D eigenvalue weighted by Crippen LogP contribution is -2.45. The molecule has 0 aliphatic heterocycles. The number of nitro groups is 1. The molecule has 1 amide bonds. The number of primary amides is 1. The third-order valence-electron chi connectivity index (χ3n) is 2.18. The molecule has 5 nitrogen and oxygen atoms in total. The predicted molar refractivity (Wildman–Crippen MR) is 50.0 cm³/mol. The molecular weight excluding hydrogens is 184 g/mol. The molecule has 0 aliphatic carbocycles. The van der Waals surface area contributed by atoms with Gasteiger partial charge in [-0.1, -0.05) is 30.3 Å². The van der Waals surface area contributed by atoms with Crippen LogP contribution < -0.4 is 5.73 Å². The van der Waals surface area contributed by atoms with Crippen molar-refractivity contribution in [1.82, 2.24) is 0 Å². The van der Waals surface area contributed by atoms with Gasteiger partial charge in [-0.05, 0) is 0 Å². The Balaban J connectivity index is 3.27. The molecule has 0 fully saturated rings. The Kier molecular flexibility index (Phi) is 2.51. The monoisotopic (exact) mass is 194 g/mol. The molecule has 0 saturated carbocycles. The van der Waals surface area contributed by atoms with E-state index < -0.39 is 16.4 Å². The summed E-state index contributed by atoms with van der Waals surface area (Å²) >= 11 is 0. The predicted octanol–water partition coefficient (Wildman–Crippen LogP) is 0.664. The topological polar surface area (TPSA) is 86.2 Å². The molecule has 0 aliphatic rings. The van der Waals surface area contributed by atoms with Gasteiger partial charge in [0.1, 0.15) is 0 Å². The summed E-state index contributed by atoms with van der Waals surface area (Å²) in [5.41, 5.74) is 3.47. The molecule has 0 spiro atoms. The van der Waals surface area contributed by atoms with Crippen LogP contribution in [0, 0.1) is 10.1 Å². The number of nitrogens with zero attached hydrogens (tertiary/aromatic N) is 1. The van der Waals surface area contributed by atoms with Crippen molar-refractivity contribution in [2.45, 2.75) is 12.5 Å². The van der Waals surface area contributed by atoms with Crippen LogP contribution in [0.15, 0.2) is 30.3 Å². The third kappa shape index (κ3) is 1.44. The maximum absolute atomic E-state index is 11.0. The average Bonchev–Trinajstić information content (AvgIpc) is 2.17. The van der Waals surface area contributed by atoms with Crippen LogP contribution in [-0.2, 0) is 10.3 Å². The molecule has 1 unspecified atom stereocenters. The molecule has 74 valence electrons. The molecule has 1 rings (SSSR count). The minimum absolute atomic E-state index is 0.289. The molecule has 0 heterocycles. The SMILES string of the molecule is CC(C(N)=O)(c1ccccc1)[N+](=O)[O-]. The fourth-order valence-corrected chi connectivity index (χ4v) is 1.10. The molecular formula is C9H10N2O3. The van der Waals surface area contributed by atoms with Gasteiger partial charge in [0, 0.05) is 17.4 Å². The van der Waals surface area contributed by atoms with Crippen LogP contribution in [0.4, 0.5) is 0 Å². The second-order valence-electron chi connectivity index (χ2n) is 3.06. The van der Waals surface area contributed by atoms with E-state index >= 15 is 0 Å². The molecule has 0 radical (unpaired) electrons. The summed E-state index contributed by atoms with van der Waals surface area (Å²) in [5, 5.41) is 10.8. The Labute approximate surface area is 80.7 Å². The van der Waals surface area contributed by atoms with Crippen LogP contribution >= 0.6 is 0 Å². The molecule has 14 heavy (non-hydrogen) atoms. The summed E-state index contributed by atoms with van der Waals surface area (Å²) < 4.78 is 0. The number of hydrogen-bond donors (Lipinski definition) is 1. The first kappa shape index (κ1) is 10.2. The minimum atomic E-state index is -1.85. The molecule has 0 saturated heterocycles. The number of carbonyl (C=O) groups is 1. The summed E-state index contributed by atoms with van der Waals surface area (Å²) in [6, 6.07) is 7.98. The van der Waals surface area contributed by atoms with Gasteiger partial charge >= 0.3 is 5.54 Å². The number of amides is 1. The average molecular weight is 194 g/mol. The van der Waals surface area contributed by atoms with Gasteiger partial charge in [0.25, 0.3) is 5.91 Å². The Bertz CT molecular complexity index is 348. The fraction of sp³-hybridized carbons (Fsp3) is 0.222. The zero-order chi connectivity index (χ0) is 10.8. The molecule has 0 bridgehead atoms. The van der Waals surface area contributed by atoms with Crippen LogP contribution in [0.1, 0.15) is 12.5 Å². The molecule has 5 heteroatoms. The van der Waals surface area contributed by atoms with E-state index in [-0.39, 0.29) is 5.56 Å². The number of benzene rings is 1. The first-order valence-corrected chi connectivity index (χ1v) is 3.99. The van der Waals surface area contributed by atoms with E-state index in [4.69, 9.17) is 5.73 Å². The van der Waals surface area contributed by atoms with Gasteiger partial charge in [0.15, 0.2) is 0 Å². The van der Waals surface area contributed by atoms with Crippen molar-refractivity contribution in [3.05, 3.63) is 46.0 Å². The Morgan fingerprint density at radius 2 is 1.93 bits per heavy atom. The lowest BCUT2D eigenvalue weighted by atomic mass is 9.92. The van der Waals surface area contributed by atoms with Gasteiger partial charge in [-0.25, -0.2) is 0 Å². The zero-order valence-electron chi connectivity index (χ0n) is 7.64. The van der Waals surface area contributed by atoms with E-state index in [1.807, 2.05) is 0 Å². The summed E-state index contributed by atoms with van der Waals surface area (Å²) in [6.45, 7) is 1.20. The normalized spacial score (nSPS) is 14.4. The fourth-order valence-electron chi connectivity index (χ4n) is 1.10. The zero-order valence-corrected chi connectivity index (χ0v) is 7.64. The van der Waals surface area contributed by atoms with Gasteiger partial charge in [-0.3, -0.25) is 14.9 Å². The third-order valence-corrected chi connectivity index (χ3v) is 2.18. The number of hydrogen-bond acceptors (Lipinski definition) is 3. The second kappa shape index (κ2) is 3.45. The summed E-state index contributed by atoms with van der Waals surface area (Å²) in [5.74, 6) is -0.964. The summed E-state index contributed by atoms with van der Waals surface area (Å²) in [6.07, 6.45) is 0. The molecule has 1 atom stereocenters. The van der Waals surface area contributed by atoms with E-state index in [1.165, 1.54) is 19.1 Å². The van der Waals surface area contributed by atoms with Crippen molar-refractivity contribution in [2.75, 3.05) is 0 Å². The summed E-state index contributed by atoms with van der Waals surface area (Å²) in [7, 11) is 0. The Morgan fingerprint density at radius 3 is 2.29 bits per heavy atom. The van der Waals surface area contributed by atoms with E-state index in [0.29, 0.717) is 0 Å². The van der Waals surface area contributed by atoms with E-state index in [9.17, 15) is 14.9 Å². The highest BCUT2D eigenvalue weighted by Crippen LogP contribution is 2.23. The van der Waals surface area contributed by atoms with E-state index in [2.05, 4.69) is 0 Å². The Hall–Kier alpha value is -1.91. The smallest absolute Gasteiger partial charge is 0.320 e. The molecule has 1 aromatic rings. The lowest BCUT2D eigenvalue weighted by molar-refractivity contribution is -0.555. The van der Waals surface area contributed by atoms with Crippen LogP contribution in [-0.4, -0.2) is 10.8 Å². The summed E-state index contributed by atoms with van der Waals surface area (Å²) in [4.78, 5) is 21.1. The van der Waals surface area contributed by atoms with E-state index in [0.717, 1.165) is 0 Å². The number of carbonyl (C=O) groups excluding carboxylic acids is 1. The van der Waals surface area contributed by atoms with Gasteiger partial charge in [-0.15, -0.1) is 0 Å². The van der Waals surface area contributed by atoms with Crippen LogP contribution in [0.25, 0.3) is 0 Å². The largest absolute Gasteiger partial charge is 0.363 e. The quantitative estimate of drug-likeness (QED) is 0.566. The highest BCUT2D eigenvalue weighted by Gasteiger charge is 2.45. The maximum atomic E-state index is 11.0. The Morgan fingerprint density at radius 1 is 1.43 bits per heavy atom. The van der Waals surface area contributed by atoms with Crippen molar-refractivity contribution in [1.29, 1.82) is 0 Å². The highest BCUT2D eigenvalue weighted by molar-refractivity contribution is 5.84. The van der Waals surface area contributed by atoms with Crippen molar-refractivity contribution < 1.29 is 9.72 Å². The van der Waals surface area contributed by atoms with Gasteiger partial charge in [-0.2, -0.15) is 0 Å². The number of rotatable bonds is 3. The van der Waals surface area contributed by atoms with Crippen LogP contribution in [0.5, 0.6) is 0 Å². The van der Waals surface area contributed by atoms with Crippen molar-refractivity contribution in [3.63, 3.8) is 0 Å². The lowest BCUT2D eigenvalue weighted by Gasteiger charge is -2.16. The first-order valence-electron chi connectivity index (χ1n) is 3.99. The van der Waals surface area contributed by atoms with E-state index in [1.54, 1.807) is 18.2 Å². The van der Waals surface area contributed by atoms with Crippen molar-refractivity contribution >= 4 is 5.91 Å². The van der Waals surface area contributed by atoms with Crippen LogP contribution in [0.3, 0.4) is 0 Å². The van der Waals surface area contributed by atoms with Crippen molar-refractivity contribution in [2.24, 2.45) is 5.73 Å². The van der Waals surface area contributed by atoms with Gasteiger partial charge in [0.2, 0.25) is 0 Å². The minimum Gasteiger partial charge on any atom is -0.363 e. The standard InChI is InChI=1S/C9H10N2O3/c1-9(8(10)12,11(13)14)7-5-3-2-4-6-7/h2-6H,1H3,(H2,10,12). The molecule has 0 aromatic heterocycles. The molecule has 1 aromatic carbocycles. The van der Waals surface area contributed by atoms with Crippen LogP contribution in [0.2, 0.25) is 0 Å². The highest BCUT2D eigenvalue weighted by atomic mass is 16.6. The number of nitrogens with two attached hydrogens (primary N) is 1. The first-order chi connectivity index (χ1) is 6.49. The van der Waals surface area contributed by atoms with Gasteiger partial charge < -0.3 is 5.73 Å². The maximum Gasteiger partial charge on any atom is 0.320 e. The van der Waals surface area contributed by atoms with Gasteiger partial charge in [0.05, 0.1) is 0 Å². The van der Waals surface area contributed by atoms with Crippen molar-refractivity contribution in [3.8, 4) is 0 Å².